The molecule has 2 fully saturated rings. The second-order valence-electron chi connectivity index (χ2n) is 7.20. The van der Waals surface area contributed by atoms with Crippen LogP contribution in [0.5, 0.6) is 0 Å². The highest BCUT2D eigenvalue weighted by molar-refractivity contribution is 7.89. The first-order valence-electron chi connectivity index (χ1n) is 9.98. The lowest BCUT2D eigenvalue weighted by molar-refractivity contribution is 0.0921. The molecule has 12 heteroatoms. The van der Waals surface area contributed by atoms with E-state index in [9.17, 15) is 21.6 Å². The van der Waals surface area contributed by atoms with E-state index in [2.05, 4.69) is 4.72 Å². The number of carbonyl (C=O) groups is 1. The van der Waals surface area contributed by atoms with E-state index in [0.717, 1.165) is 0 Å². The maximum absolute atomic E-state index is 12.9. The lowest BCUT2D eigenvalue weighted by atomic mass is 10.1. The molecule has 0 bridgehead atoms. The normalized spacial score (nSPS) is 20.2. The van der Waals surface area contributed by atoms with Gasteiger partial charge in [-0.2, -0.15) is 17.0 Å². The van der Waals surface area contributed by atoms with Crippen molar-refractivity contribution in [3.05, 3.63) is 30.3 Å². The number of hydrogen-bond acceptors (Lipinski definition) is 6. The Bertz CT molecular complexity index is 923. The molecule has 1 aromatic rings. The van der Waals surface area contributed by atoms with Crippen LogP contribution < -0.4 is 4.72 Å². The molecule has 0 unspecified atom stereocenters. The number of rotatable bonds is 6. The van der Waals surface area contributed by atoms with Crippen LogP contribution in [-0.4, -0.2) is 88.4 Å². The van der Waals surface area contributed by atoms with Gasteiger partial charge in [0.05, 0.1) is 11.5 Å². The van der Waals surface area contributed by atoms with Gasteiger partial charge in [0.1, 0.15) is 0 Å². The van der Waals surface area contributed by atoms with E-state index in [4.69, 9.17) is 4.74 Å². The van der Waals surface area contributed by atoms with Gasteiger partial charge in [-0.15, -0.1) is 0 Å². The van der Waals surface area contributed by atoms with Crippen LogP contribution in [0.1, 0.15) is 19.8 Å². The van der Waals surface area contributed by atoms with Gasteiger partial charge in [-0.25, -0.2) is 17.9 Å². The monoisotopic (exact) mass is 460 g/mol. The molecule has 1 N–H and O–H groups in total. The van der Waals surface area contributed by atoms with Crippen molar-refractivity contribution in [1.82, 2.24) is 18.2 Å². The summed E-state index contributed by atoms with van der Waals surface area (Å²) in [5.74, 6) is 0. The average Bonchev–Trinajstić information content (AvgIpc) is 2.75. The number of piperidine rings is 1. The van der Waals surface area contributed by atoms with Gasteiger partial charge in [0, 0.05) is 45.3 Å². The number of benzene rings is 1. The molecule has 30 heavy (non-hydrogen) atoms. The van der Waals surface area contributed by atoms with Crippen molar-refractivity contribution in [2.75, 3.05) is 45.9 Å². The highest BCUT2D eigenvalue weighted by atomic mass is 32.2. The highest BCUT2D eigenvalue weighted by Crippen LogP contribution is 2.20. The highest BCUT2D eigenvalue weighted by Gasteiger charge is 2.36. The summed E-state index contributed by atoms with van der Waals surface area (Å²) in [6.45, 7) is 3.47. The van der Waals surface area contributed by atoms with Gasteiger partial charge in [0.25, 0.3) is 10.2 Å². The summed E-state index contributed by atoms with van der Waals surface area (Å²) < 4.78 is 61.2. The Morgan fingerprint density at radius 3 is 2.10 bits per heavy atom. The zero-order chi connectivity index (χ0) is 21.8. The minimum Gasteiger partial charge on any atom is -0.450 e. The fraction of sp³-hybridized carbons (Fsp3) is 0.611. The second kappa shape index (κ2) is 9.60. The van der Waals surface area contributed by atoms with Gasteiger partial charge >= 0.3 is 6.09 Å². The van der Waals surface area contributed by atoms with Gasteiger partial charge in [-0.05, 0) is 31.9 Å². The Balaban J connectivity index is 1.52. The number of sulfonamides is 1. The zero-order valence-electron chi connectivity index (χ0n) is 16.9. The van der Waals surface area contributed by atoms with Crippen LogP contribution in [0, 0.1) is 0 Å². The first-order valence-corrected chi connectivity index (χ1v) is 12.9. The van der Waals surface area contributed by atoms with E-state index in [1.54, 1.807) is 25.1 Å². The van der Waals surface area contributed by atoms with Crippen molar-refractivity contribution < 1.29 is 26.4 Å². The van der Waals surface area contributed by atoms with Gasteiger partial charge < -0.3 is 9.64 Å². The van der Waals surface area contributed by atoms with Crippen molar-refractivity contribution >= 4 is 26.3 Å². The van der Waals surface area contributed by atoms with Crippen LogP contribution in [0.3, 0.4) is 0 Å². The van der Waals surface area contributed by atoms with Gasteiger partial charge in [-0.1, -0.05) is 18.2 Å². The Morgan fingerprint density at radius 1 is 0.967 bits per heavy atom. The summed E-state index contributed by atoms with van der Waals surface area (Å²) in [6.07, 6.45) is 0.364. The van der Waals surface area contributed by atoms with E-state index in [-0.39, 0.29) is 56.8 Å². The van der Waals surface area contributed by atoms with Crippen LogP contribution in [0.2, 0.25) is 0 Å². The number of nitrogens with one attached hydrogen (secondary N) is 1. The minimum absolute atomic E-state index is 0.194. The van der Waals surface area contributed by atoms with Crippen LogP contribution in [0.25, 0.3) is 0 Å². The SMILES string of the molecule is CCOC(=O)N1CCN(S(=O)(=O)N2CCC(NS(=O)(=O)c3ccccc3)CC2)CC1. The molecule has 2 aliphatic rings. The predicted octanol–water partition coefficient (Wildman–Crippen LogP) is 0.448. The smallest absolute Gasteiger partial charge is 0.409 e. The number of carbonyl (C=O) groups excluding carboxylic acids is 1. The predicted molar refractivity (Wildman–Crippen MR) is 110 cm³/mol. The molecule has 10 nitrogen and oxygen atoms in total. The Morgan fingerprint density at radius 2 is 1.53 bits per heavy atom. The molecule has 0 saturated carbocycles. The molecule has 2 heterocycles. The third-order valence-electron chi connectivity index (χ3n) is 5.25. The van der Waals surface area contributed by atoms with Crippen LogP contribution in [0.4, 0.5) is 4.79 Å². The van der Waals surface area contributed by atoms with E-state index in [0.29, 0.717) is 12.8 Å². The van der Waals surface area contributed by atoms with E-state index in [1.165, 1.54) is 25.6 Å². The quantitative estimate of drug-likeness (QED) is 0.659. The summed E-state index contributed by atoms with van der Waals surface area (Å²) in [5, 5.41) is 0. The minimum atomic E-state index is -3.66. The summed E-state index contributed by atoms with van der Waals surface area (Å²) in [5.41, 5.74) is 0. The molecule has 0 aromatic heterocycles. The van der Waals surface area contributed by atoms with Gasteiger partial charge in [-0.3, -0.25) is 0 Å². The number of piperazine rings is 1. The third-order valence-corrected chi connectivity index (χ3v) is 8.82. The van der Waals surface area contributed by atoms with E-state index < -0.39 is 26.3 Å². The lowest BCUT2D eigenvalue weighted by Gasteiger charge is -2.38. The Labute approximate surface area is 178 Å². The van der Waals surface area contributed by atoms with Crippen LogP contribution in [0.15, 0.2) is 35.2 Å². The first kappa shape index (κ1) is 22.9. The fourth-order valence-corrected chi connectivity index (χ4v) is 6.52. The number of ether oxygens (including phenoxy) is 1. The molecule has 168 valence electrons. The molecule has 1 aromatic carbocycles. The maximum Gasteiger partial charge on any atom is 0.409 e. The molecule has 0 radical (unpaired) electrons. The van der Waals surface area contributed by atoms with E-state index >= 15 is 0 Å². The molecule has 3 rings (SSSR count). The molecule has 0 atom stereocenters. The standard InChI is InChI=1S/C18H28N4O6S2/c1-2-28-18(23)20-12-14-22(15-13-20)30(26,27)21-10-8-16(9-11-21)19-29(24,25)17-6-4-3-5-7-17/h3-7,16,19H,2,8-15H2,1H3. The van der Waals surface area contributed by atoms with Gasteiger partial charge in [0.2, 0.25) is 10.0 Å². The third kappa shape index (κ3) is 5.30. The van der Waals surface area contributed by atoms with Crippen LogP contribution in [-0.2, 0) is 25.0 Å². The summed E-state index contributed by atoms with van der Waals surface area (Å²) in [6, 6.07) is 7.80. The molecule has 1 amide bonds. The largest absolute Gasteiger partial charge is 0.450 e. The van der Waals surface area contributed by atoms with E-state index in [1.807, 2.05) is 0 Å². The molecular formula is C18H28N4O6S2. The number of hydrogen-bond donors (Lipinski definition) is 1. The lowest BCUT2D eigenvalue weighted by Crippen LogP contribution is -2.56. The van der Waals surface area contributed by atoms with Crippen molar-refractivity contribution in [2.24, 2.45) is 0 Å². The average molecular weight is 461 g/mol. The molecule has 2 saturated heterocycles. The van der Waals surface area contributed by atoms with Crippen molar-refractivity contribution in [3.8, 4) is 0 Å². The van der Waals surface area contributed by atoms with Crippen molar-refractivity contribution in [1.29, 1.82) is 0 Å². The van der Waals surface area contributed by atoms with Crippen LogP contribution >= 0.6 is 0 Å². The van der Waals surface area contributed by atoms with Crippen molar-refractivity contribution in [3.63, 3.8) is 0 Å². The Hall–Kier alpha value is -1.73. The second-order valence-corrected chi connectivity index (χ2v) is 10.8. The topological polar surface area (TPSA) is 116 Å². The molecule has 2 aliphatic heterocycles. The van der Waals surface area contributed by atoms with Crippen molar-refractivity contribution in [2.45, 2.75) is 30.7 Å². The maximum atomic E-state index is 12.9. The molecule has 0 spiro atoms. The molecule has 0 aliphatic carbocycles. The number of amides is 1. The summed E-state index contributed by atoms with van der Waals surface area (Å²) >= 11 is 0. The fourth-order valence-electron chi connectivity index (χ4n) is 3.57. The first-order chi connectivity index (χ1) is 14.2. The molecular weight excluding hydrogens is 432 g/mol. The summed E-state index contributed by atoms with van der Waals surface area (Å²) in [7, 11) is -7.29. The number of nitrogens with zero attached hydrogens (tertiary/aromatic N) is 3. The Kier molecular flexibility index (Phi) is 7.34. The summed E-state index contributed by atoms with van der Waals surface area (Å²) in [4.78, 5) is 13.5. The zero-order valence-corrected chi connectivity index (χ0v) is 18.6. The van der Waals surface area contributed by atoms with Gasteiger partial charge in [0.15, 0.2) is 0 Å².